The molecule has 74 valence electrons. The van der Waals surface area contributed by atoms with Gasteiger partial charge in [-0.25, -0.2) is 4.39 Å². The Morgan fingerprint density at radius 3 is 2.86 bits per heavy atom. The van der Waals surface area contributed by atoms with Crippen LogP contribution in [-0.4, -0.2) is 13.7 Å². The molecule has 0 saturated heterocycles. The van der Waals surface area contributed by atoms with Crippen LogP contribution in [0.5, 0.6) is 0 Å². The summed E-state index contributed by atoms with van der Waals surface area (Å²) in [7, 11) is 1.52. The molecule has 3 nitrogen and oxygen atoms in total. The van der Waals surface area contributed by atoms with Gasteiger partial charge in [0.2, 0.25) is 0 Å². The van der Waals surface area contributed by atoms with Crippen molar-refractivity contribution in [3.63, 3.8) is 0 Å². The number of benzene rings is 1. The van der Waals surface area contributed by atoms with Crippen molar-refractivity contribution >= 4 is 0 Å². The number of nitriles is 1. The molecule has 0 aliphatic rings. The number of ether oxygens (including phenoxy) is 1. The molecule has 0 amide bonds. The third kappa shape index (κ3) is 2.52. The number of hydrogen-bond donors (Lipinski definition) is 1. The Hall–Kier alpha value is -1.44. The van der Waals surface area contributed by atoms with Gasteiger partial charge in [-0.2, -0.15) is 5.26 Å². The molecule has 0 fully saturated rings. The van der Waals surface area contributed by atoms with Gasteiger partial charge in [0, 0.05) is 7.11 Å². The second-order valence-electron chi connectivity index (χ2n) is 2.95. The van der Waals surface area contributed by atoms with Crippen LogP contribution in [0.25, 0.3) is 0 Å². The first kappa shape index (κ1) is 10.6. The van der Waals surface area contributed by atoms with Crippen LogP contribution >= 0.6 is 0 Å². The molecule has 0 aliphatic heterocycles. The van der Waals surface area contributed by atoms with Crippen LogP contribution in [0.4, 0.5) is 4.39 Å². The average Bonchev–Trinajstić information content (AvgIpc) is 2.17. The van der Waals surface area contributed by atoms with Gasteiger partial charge >= 0.3 is 0 Å². The highest BCUT2D eigenvalue weighted by molar-refractivity contribution is 5.34. The molecule has 1 rings (SSSR count). The number of rotatable bonds is 3. The summed E-state index contributed by atoms with van der Waals surface area (Å²) in [6, 6.07) is 5.51. The first-order valence-electron chi connectivity index (χ1n) is 4.12. The Morgan fingerprint density at radius 1 is 1.57 bits per heavy atom. The van der Waals surface area contributed by atoms with E-state index in [1.54, 1.807) is 6.07 Å². The van der Waals surface area contributed by atoms with Gasteiger partial charge in [0.05, 0.1) is 24.3 Å². The van der Waals surface area contributed by atoms with E-state index in [1.165, 1.54) is 19.2 Å². The van der Waals surface area contributed by atoms with Crippen molar-refractivity contribution in [1.29, 1.82) is 5.26 Å². The monoisotopic (exact) mass is 194 g/mol. The number of hydrogen-bond acceptors (Lipinski definition) is 3. The average molecular weight is 194 g/mol. The lowest BCUT2D eigenvalue weighted by molar-refractivity contribution is 0.181. The molecule has 0 heterocycles. The largest absolute Gasteiger partial charge is 0.383 e. The predicted octanol–water partition coefficient (Wildman–Crippen LogP) is 1.34. The third-order valence-corrected chi connectivity index (χ3v) is 1.82. The van der Waals surface area contributed by atoms with E-state index >= 15 is 0 Å². The van der Waals surface area contributed by atoms with Crippen molar-refractivity contribution in [2.24, 2.45) is 5.73 Å². The summed E-state index contributed by atoms with van der Waals surface area (Å²) in [6.07, 6.45) is 0. The number of methoxy groups -OCH3 is 1. The lowest BCUT2D eigenvalue weighted by Gasteiger charge is -2.10. The summed E-state index contributed by atoms with van der Waals surface area (Å²) in [4.78, 5) is 0. The zero-order chi connectivity index (χ0) is 10.6. The van der Waals surface area contributed by atoms with Crippen molar-refractivity contribution in [3.8, 4) is 6.07 Å². The molecule has 1 aromatic carbocycles. The molecule has 14 heavy (non-hydrogen) atoms. The van der Waals surface area contributed by atoms with Crippen molar-refractivity contribution < 1.29 is 9.13 Å². The fourth-order valence-corrected chi connectivity index (χ4v) is 1.17. The quantitative estimate of drug-likeness (QED) is 0.789. The van der Waals surface area contributed by atoms with Crippen LogP contribution in [0.15, 0.2) is 18.2 Å². The predicted molar refractivity (Wildman–Crippen MR) is 49.9 cm³/mol. The molecule has 1 atom stereocenters. The zero-order valence-electron chi connectivity index (χ0n) is 7.83. The Labute approximate surface area is 81.9 Å². The topological polar surface area (TPSA) is 59.0 Å². The second kappa shape index (κ2) is 4.70. The van der Waals surface area contributed by atoms with Gasteiger partial charge < -0.3 is 10.5 Å². The van der Waals surface area contributed by atoms with E-state index in [2.05, 4.69) is 0 Å². The molecule has 0 aromatic heterocycles. The minimum absolute atomic E-state index is 0.270. The minimum Gasteiger partial charge on any atom is -0.383 e. The molecule has 0 saturated carbocycles. The highest BCUT2D eigenvalue weighted by Gasteiger charge is 2.08. The minimum atomic E-state index is -0.453. The Bertz CT molecular complexity index is 360. The highest BCUT2D eigenvalue weighted by Crippen LogP contribution is 2.14. The van der Waals surface area contributed by atoms with E-state index in [0.717, 1.165) is 0 Å². The lowest BCUT2D eigenvalue weighted by atomic mass is 10.1. The Morgan fingerprint density at radius 2 is 2.29 bits per heavy atom. The van der Waals surface area contributed by atoms with Crippen LogP contribution in [0.2, 0.25) is 0 Å². The van der Waals surface area contributed by atoms with Gasteiger partial charge in [-0.05, 0) is 23.8 Å². The Kier molecular flexibility index (Phi) is 3.57. The van der Waals surface area contributed by atoms with E-state index in [1.807, 2.05) is 6.07 Å². The zero-order valence-corrected chi connectivity index (χ0v) is 7.83. The van der Waals surface area contributed by atoms with Crippen LogP contribution in [0.3, 0.4) is 0 Å². The Balaban J connectivity index is 2.98. The number of nitrogens with zero attached hydrogens (tertiary/aromatic N) is 1. The maximum absolute atomic E-state index is 13.0. The summed E-state index contributed by atoms with van der Waals surface area (Å²) >= 11 is 0. The molecule has 0 bridgehead atoms. The van der Waals surface area contributed by atoms with Gasteiger partial charge in [-0.15, -0.1) is 0 Å². The number of nitrogens with two attached hydrogens (primary N) is 1. The van der Waals surface area contributed by atoms with E-state index < -0.39 is 11.9 Å². The van der Waals surface area contributed by atoms with E-state index in [0.29, 0.717) is 12.2 Å². The van der Waals surface area contributed by atoms with Crippen LogP contribution in [0, 0.1) is 17.1 Å². The molecular formula is C10H11FN2O. The molecule has 0 spiro atoms. The summed E-state index contributed by atoms with van der Waals surface area (Å²) in [6.45, 7) is 0.300. The normalized spacial score (nSPS) is 12.1. The van der Waals surface area contributed by atoms with Crippen molar-refractivity contribution in [3.05, 3.63) is 35.1 Å². The summed E-state index contributed by atoms with van der Waals surface area (Å²) in [5.41, 5.74) is 6.54. The van der Waals surface area contributed by atoms with Crippen LogP contribution in [0.1, 0.15) is 17.2 Å². The van der Waals surface area contributed by atoms with Crippen molar-refractivity contribution in [2.75, 3.05) is 13.7 Å². The summed E-state index contributed by atoms with van der Waals surface area (Å²) < 4.78 is 17.8. The standard InChI is InChI=1S/C10H11FN2O/c1-14-6-10(13)8-2-7(5-12)3-9(11)4-8/h2-4,10H,6,13H2,1H3. The molecule has 4 heteroatoms. The summed E-state index contributed by atoms with van der Waals surface area (Å²) in [5, 5.41) is 8.61. The SMILES string of the molecule is COCC(N)c1cc(F)cc(C#N)c1. The molecular weight excluding hydrogens is 183 g/mol. The van der Waals surface area contributed by atoms with Gasteiger partial charge in [-0.3, -0.25) is 0 Å². The van der Waals surface area contributed by atoms with E-state index in [-0.39, 0.29) is 5.56 Å². The first-order chi connectivity index (χ1) is 6.67. The summed E-state index contributed by atoms with van der Waals surface area (Å²) in [5.74, 6) is -0.453. The van der Waals surface area contributed by atoms with Gasteiger partial charge in [0.25, 0.3) is 0 Å². The number of halogens is 1. The molecule has 0 radical (unpaired) electrons. The first-order valence-corrected chi connectivity index (χ1v) is 4.12. The molecule has 1 unspecified atom stereocenters. The maximum atomic E-state index is 13.0. The maximum Gasteiger partial charge on any atom is 0.124 e. The van der Waals surface area contributed by atoms with Gasteiger partial charge in [0.15, 0.2) is 0 Å². The molecule has 1 aromatic rings. The van der Waals surface area contributed by atoms with Crippen LogP contribution in [-0.2, 0) is 4.74 Å². The molecule has 2 N–H and O–H groups in total. The van der Waals surface area contributed by atoms with Crippen molar-refractivity contribution in [1.82, 2.24) is 0 Å². The smallest absolute Gasteiger partial charge is 0.124 e. The fourth-order valence-electron chi connectivity index (χ4n) is 1.17. The molecule has 0 aliphatic carbocycles. The van der Waals surface area contributed by atoms with Gasteiger partial charge in [-0.1, -0.05) is 0 Å². The van der Waals surface area contributed by atoms with Gasteiger partial charge in [0.1, 0.15) is 5.82 Å². The van der Waals surface area contributed by atoms with Crippen molar-refractivity contribution in [2.45, 2.75) is 6.04 Å². The lowest BCUT2D eigenvalue weighted by Crippen LogP contribution is -2.16. The van der Waals surface area contributed by atoms with Crippen LogP contribution < -0.4 is 5.73 Å². The second-order valence-corrected chi connectivity index (χ2v) is 2.95. The fraction of sp³-hybridized carbons (Fsp3) is 0.300. The highest BCUT2D eigenvalue weighted by atomic mass is 19.1. The third-order valence-electron chi connectivity index (χ3n) is 1.82. The van der Waals surface area contributed by atoms with E-state index in [4.69, 9.17) is 15.7 Å². The van der Waals surface area contributed by atoms with E-state index in [9.17, 15) is 4.39 Å².